The van der Waals surface area contributed by atoms with Crippen molar-refractivity contribution in [2.24, 2.45) is 0 Å². The van der Waals surface area contributed by atoms with Crippen LogP contribution in [-0.2, 0) is 17.9 Å². The quantitative estimate of drug-likeness (QED) is 0.774. The lowest BCUT2D eigenvalue weighted by atomic mass is 10.0. The minimum atomic E-state index is -0.671. The Kier molecular flexibility index (Phi) is 5.89. The molecule has 0 aliphatic heterocycles. The maximum absolute atomic E-state index is 12.3. The van der Waals surface area contributed by atoms with Crippen molar-refractivity contribution >= 4 is 5.91 Å². The number of carbonyl (C=O) groups is 1. The maximum Gasteiger partial charge on any atom is 0.234 e. The molecule has 0 bridgehead atoms. The molecule has 1 aliphatic carbocycles. The Morgan fingerprint density at radius 3 is 2.60 bits per heavy atom. The lowest BCUT2D eigenvalue weighted by Crippen LogP contribution is -2.45. The Balaban J connectivity index is 1.59. The minimum Gasteiger partial charge on any atom is -0.467 e. The second-order valence-corrected chi connectivity index (χ2v) is 6.92. The molecular formula is C20H26N2O3. The molecule has 0 unspecified atom stereocenters. The predicted octanol–water partition coefficient (Wildman–Crippen LogP) is 2.70. The van der Waals surface area contributed by atoms with Crippen molar-refractivity contribution in [1.82, 2.24) is 10.2 Å². The summed E-state index contributed by atoms with van der Waals surface area (Å²) in [6.07, 6.45) is 5.33. The van der Waals surface area contributed by atoms with E-state index in [-0.39, 0.29) is 12.5 Å². The Hall–Kier alpha value is -2.11. The van der Waals surface area contributed by atoms with Gasteiger partial charge in [-0.25, -0.2) is 0 Å². The Morgan fingerprint density at radius 1 is 1.16 bits per heavy atom. The number of amides is 1. The normalized spacial score (nSPS) is 16.2. The zero-order valence-electron chi connectivity index (χ0n) is 14.5. The number of rotatable bonds is 8. The number of hydrogen-bond acceptors (Lipinski definition) is 4. The highest BCUT2D eigenvalue weighted by Gasteiger charge is 2.33. The minimum absolute atomic E-state index is 0.0612. The molecule has 5 heteroatoms. The first-order chi connectivity index (χ1) is 12.1. The van der Waals surface area contributed by atoms with Gasteiger partial charge >= 0.3 is 0 Å². The predicted molar refractivity (Wildman–Crippen MR) is 95.7 cm³/mol. The number of hydrogen-bond donors (Lipinski definition) is 2. The van der Waals surface area contributed by atoms with Gasteiger partial charge in [0.2, 0.25) is 5.91 Å². The molecule has 1 aliphatic rings. The molecule has 25 heavy (non-hydrogen) atoms. The molecule has 5 nitrogen and oxygen atoms in total. The van der Waals surface area contributed by atoms with Gasteiger partial charge in [-0.3, -0.25) is 9.69 Å². The van der Waals surface area contributed by atoms with E-state index in [1.165, 1.54) is 0 Å². The first kappa shape index (κ1) is 17.7. The molecule has 1 fully saturated rings. The van der Waals surface area contributed by atoms with Crippen LogP contribution in [0, 0.1) is 0 Å². The van der Waals surface area contributed by atoms with E-state index in [1.54, 1.807) is 12.3 Å². The van der Waals surface area contributed by atoms with Crippen molar-refractivity contribution in [2.45, 2.75) is 44.4 Å². The van der Waals surface area contributed by atoms with Crippen LogP contribution in [0.1, 0.15) is 37.0 Å². The average Bonchev–Trinajstić information content (AvgIpc) is 3.25. The molecule has 0 radical (unpaired) electrons. The van der Waals surface area contributed by atoms with E-state index >= 15 is 0 Å². The lowest BCUT2D eigenvalue weighted by molar-refractivity contribution is -0.123. The number of nitrogens with one attached hydrogen (secondary N) is 1. The van der Waals surface area contributed by atoms with Crippen molar-refractivity contribution < 1.29 is 14.3 Å². The van der Waals surface area contributed by atoms with Gasteiger partial charge in [-0.15, -0.1) is 0 Å². The van der Waals surface area contributed by atoms with Crippen LogP contribution < -0.4 is 5.32 Å². The summed E-state index contributed by atoms with van der Waals surface area (Å²) in [4.78, 5) is 14.4. The largest absolute Gasteiger partial charge is 0.467 e. The summed E-state index contributed by atoms with van der Waals surface area (Å²) in [5, 5.41) is 13.6. The highest BCUT2D eigenvalue weighted by molar-refractivity contribution is 5.77. The summed E-state index contributed by atoms with van der Waals surface area (Å²) in [5.74, 6) is 0.673. The molecule has 134 valence electrons. The molecule has 0 spiro atoms. The van der Waals surface area contributed by atoms with E-state index in [0.717, 1.165) is 37.0 Å². The van der Waals surface area contributed by atoms with Crippen molar-refractivity contribution in [3.05, 3.63) is 60.1 Å². The molecule has 2 aromatic rings. The van der Waals surface area contributed by atoms with Crippen molar-refractivity contribution in [3.8, 4) is 0 Å². The highest BCUT2D eigenvalue weighted by atomic mass is 16.3. The summed E-state index contributed by atoms with van der Waals surface area (Å²) in [6.45, 7) is 1.82. The number of nitrogens with zero attached hydrogens (tertiary/aromatic N) is 1. The number of benzene rings is 1. The average molecular weight is 342 g/mol. The van der Waals surface area contributed by atoms with Crippen LogP contribution in [0.4, 0.5) is 0 Å². The van der Waals surface area contributed by atoms with E-state index in [0.29, 0.717) is 19.6 Å². The Morgan fingerprint density at radius 2 is 1.92 bits per heavy atom. The van der Waals surface area contributed by atoms with E-state index < -0.39 is 5.60 Å². The van der Waals surface area contributed by atoms with E-state index in [2.05, 4.69) is 5.32 Å². The summed E-state index contributed by atoms with van der Waals surface area (Å²) >= 11 is 0. The fourth-order valence-corrected chi connectivity index (χ4v) is 3.47. The first-order valence-corrected chi connectivity index (χ1v) is 8.91. The van der Waals surface area contributed by atoms with Crippen LogP contribution in [0.25, 0.3) is 0 Å². The van der Waals surface area contributed by atoms with Crippen LogP contribution in [0.15, 0.2) is 53.1 Å². The van der Waals surface area contributed by atoms with Gasteiger partial charge in [0.15, 0.2) is 0 Å². The molecule has 3 rings (SSSR count). The molecule has 1 aromatic heterocycles. The zero-order valence-corrected chi connectivity index (χ0v) is 14.5. The Labute approximate surface area is 148 Å². The fraction of sp³-hybridized carbons (Fsp3) is 0.450. The Bertz CT molecular complexity index is 649. The molecule has 0 atom stereocenters. The van der Waals surface area contributed by atoms with Crippen LogP contribution in [0.3, 0.4) is 0 Å². The van der Waals surface area contributed by atoms with Crippen LogP contribution >= 0.6 is 0 Å². The van der Waals surface area contributed by atoms with Gasteiger partial charge in [0.1, 0.15) is 5.76 Å². The number of aliphatic hydroxyl groups is 1. The van der Waals surface area contributed by atoms with Gasteiger partial charge in [0.25, 0.3) is 0 Å². The molecule has 1 heterocycles. The molecular weight excluding hydrogens is 316 g/mol. The summed E-state index contributed by atoms with van der Waals surface area (Å²) in [5.41, 5.74) is 0.471. The third-order valence-electron chi connectivity index (χ3n) is 4.71. The molecule has 1 amide bonds. The van der Waals surface area contributed by atoms with Crippen molar-refractivity contribution in [3.63, 3.8) is 0 Å². The van der Waals surface area contributed by atoms with Gasteiger partial charge in [0.05, 0.1) is 25.0 Å². The third-order valence-corrected chi connectivity index (χ3v) is 4.71. The second-order valence-electron chi connectivity index (χ2n) is 6.92. The van der Waals surface area contributed by atoms with Crippen molar-refractivity contribution in [1.29, 1.82) is 0 Å². The van der Waals surface area contributed by atoms with E-state index in [4.69, 9.17) is 4.42 Å². The molecule has 0 saturated heterocycles. The van der Waals surface area contributed by atoms with E-state index in [1.807, 2.05) is 41.3 Å². The van der Waals surface area contributed by atoms with Gasteiger partial charge in [0, 0.05) is 13.1 Å². The standard InChI is InChI=1S/C20H26N2O3/c23-19(21-13-18-9-6-12-25-18)15-22(14-17-7-2-1-3-8-17)16-20(24)10-4-5-11-20/h1-3,6-9,12,24H,4-5,10-11,13-16H2,(H,21,23). The van der Waals surface area contributed by atoms with E-state index in [9.17, 15) is 9.90 Å². The molecule has 2 N–H and O–H groups in total. The monoisotopic (exact) mass is 342 g/mol. The SMILES string of the molecule is O=C(CN(Cc1ccccc1)CC1(O)CCCC1)NCc1ccco1. The third kappa shape index (κ3) is 5.44. The van der Waals surface area contributed by atoms with Gasteiger partial charge < -0.3 is 14.8 Å². The van der Waals surface area contributed by atoms with Crippen molar-refractivity contribution in [2.75, 3.05) is 13.1 Å². The highest BCUT2D eigenvalue weighted by Crippen LogP contribution is 2.30. The zero-order chi connectivity index (χ0) is 17.5. The second kappa shape index (κ2) is 8.32. The molecule has 1 aromatic carbocycles. The van der Waals surface area contributed by atoms with Crippen LogP contribution in [-0.4, -0.2) is 34.6 Å². The van der Waals surface area contributed by atoms with Gasteiger partial charge in [-0.1, -0.05) is 43.2 Å². The van der Waals surface area contributed by atoms with Gasteiger partial charge in [-0.2, -0.15) is 0 Å². The summed E-state index contributed by atoms with van der Waals surface area (Å²) in [6, 6.07) is 13.7. The van der Waals surface area contributed by atoms with Crippen LogP contribution in [0.5, 0.6) is 0 Å². The fourth-order valence-electron chi connectivity index (χ4n) is 3.47. The molecule has 1 saturated carbocycles. The summed E-state index contributed by atoms with van der Waals surface area (Å²) in [7, 11) is 0. The number of carbonyl (C=O) groups excluding carboxylic acids is 1. The lowest BCUT2D eigenvalue weighted by Gasteiger charge is -2.31. The van der Waals surface area contributed by atoms with Crippen LogP contribution in [0.2, 0.25) is 0 Å². The maximum atomic E-state index is 12.3. The summed E-state index contributed by atoms with van der Waals surface area (Å²) < 4.78 is 5.24. The van der Waals surface area contributed by atoms with Gasteiger partial charge in [-0.05, 0) is 30.5 Å². The smallest absolute Gasteiger partial charge is 0.234 e. The topological polar surface area (TPSA) is 65.7 Å². The number of furan rings is 1. The first-order valence-electron chi connectivity index (χ1n) is 8.91.